The summed E-state index contributed by atoms with van der Waals surface area (Å²) < 4.78 is 4.53. The summed E-state index contributed by atoms with van der Waals surface area (Å²) in [4.78, 5) is 25.1. The van der Waals surface area contributed by atoms with Gasteiger partial charge in [-0.2, -0.15) is 4.98 Å². The third kappa shape index (κ3) is 2.83. The van der Waals surface area contributed by atoms with Crippen molar-refractivity contribution in [3.8, 4) is 0 Å². The minimum atomic E-state index is -0.669. The molecule has 0 radical (unpaired) electrons. The van der Waals surface area contributed by atoms with E-state index in [1.165, 1.54) is 18.2 Å². The molecule has 0 aliphatic rings. The average molecular weight is 263 g/mol. The second-order valence-corrected chi connectivity index (χ2v) is 3.55. The molecule has 0 atom stereocenters. The van der Waals surface area contributed by atoms with Crippen molar-refractivity contribution in [3.63, 3.8) is 0 Å². The van der Waals surface area contributed by atoms with E-state index in [1.54, 1.807) is 0 Å². The van der Waals surface area contributed by atoms with Crippen LogP contribution in [0.5, 0.6) is 0 Å². The standard InChI is InChI=1S/C10H9N5O4/c11-10(16)6-1-2-8(15(17)18)7(3-6)12-4-9-13-5-19-14-9/h1-3,5,12H,4H2,(H2,11,16). The maximum atomic E-state index is 11.1. The molecule has 9 heteroatoms. The highest BCUT2D eigenvalue weighted by Gasteiger charge is 2.16. The van der Waals surface area contributed by atoms with Gasteiger partial charge in [-0.3, -0.25) is 14.9 Å². The molecule has 1 aromatic heterocycles. The van der Waals surface area contributed by atoms with Crippen LogP contribution < -0.4 is 11.1 Å². The Morgan fingerprint density at radius 2 is 2.32 bits per heavy atom. The van der Waals surface area contributed by atoms with Crippen LogP contribution in [0.15, 0.2) is 29.1 Å². The van der Waals surface area contributed by atoms with Crippen LogP contribution in [-0.4, -0.2) is 21.0 Å². The van der Waals surface area contributed by atoms with E-state index < -0.39 is 10.8 Å². The zero-order valence-electron chi connectivity index (χ0n) is 9.57. The monoisotopic (exact) mass is 263 g/mol. The first-order chi connectivity index (χ1) is 9.08. The Labute approximate surface area is 106 Å². The second-order valence-electron chi connectivity index (χ2n) is 3.55. The molecule has 0 unspecified atom stereocenters. The number of hydrogen-bond acceptors (Lipinski definition) is 7. The van der Waals surface area contributed by atoms with Gasteiger partial charge >= 0.3 is 0 Å². The van der Waals surface area contributed by atoms with Gasteiger partial charge in [0.2, 0.25) is 12.3 Å². The predicted molar refractivity (Wildman–Crippen MR) is 63.2 cm³/mol. The van der Waals surface area contributed by atoms with Crippen LogP contribution in [-0.2, 0) is 6.54 Å². The van der Waals surface area contributed by atoms with Gasteiger partial charge in [-0.25, -0.2) is 0 Å². The summed E-state index contributed by atoms with van der Waals surface area (Å²) >= 11 is 0. The highest BCUT2D eigenvalue weighted by atomic mass is 16.6. The van der Waals surface area contributed by atoms with Crippen molar-refractivity contribution in [2.45, 2.75) is 6.54 Å². The van der Waals surface area contributed by atoms with Crippen molar-refractivity contribution in [1.82, 2.24) is 10.1 Å². The van der Waals surface area contributed by atoms with Crippen LogP contribution in [0.2, 0.25) is 0 Å². The number of nitrogens with zero attached hydrogens (tertiary/aromatic N) is 3. The number of primary amides is 1. The molecule has 3 N–H and O–H groups in total. The Morgan fingerprint density at radius 3 is 2.89 bits per heavy atom. The normalized spacial score (nSPS) is 10.1. The first-order valence-electron chi connectivity index (χ1n) is 5.15. The third-order valence-corrected chi connectivity index (χ3v) is 2.32. The molecule has 9 nitrogen and oxygen atoms in total. The minimum absolute atomic E-state index is 0.125. The van der Waals surface area contributed by atoms with E-state index >= 15 is 0 Å². The summed E-state index contributed by atoms with van der Waals surface area (Å²) in [6.45, 7) is 0.125. The topological polar surface area (TPSA) is 137 Å². The summed E-state index contributed by atoms with van der Waals surface area (Å²) in [5.41, 5.74) is 5.28. The number of carbonyl (C=O) groups excluding carboxylic acids is 1. The van der Waals surface area contributed by atoms with Gasteiger partial charge in [0.15, 0.2) is 5.82 Å². The maximum Gasteiger partial charge on any atom is 0.292 e. The lowest BCUT2D eigenvalue weighted by atomic mass is 10.1. The van der Waals surface area contributed by atoms with E-state index in [0.29, 0.717) is 5.82 Å². The summed E-state index contributed by atoms with van der Waals surface area (Å²) in [6.07, 6.45) is 1.14. The number of amides is 1. The molecule has 0 aliphatic carbocycles. The van der Waals surface area contributed by atoms with Crippen LogP contribution in [0.4, 0.5) is 11.4 Å². The number of nitrogens with two attached hydrogens (primary N) is 1. The molecular formula is C10H9N5O4. The minimum Gasteiger partial charge on any atom is -0.372 e. The highest BCUT2D eigenvalue weighted by molar-refractivity contribution is 5.94. The number of rotatable bonds is 5. The van der Waals surface area contributed by atoms with Crippen LogP contribution in [0.1, 0.15) is 16.2 Å². The summed E-state index contributed by atoms with van der Waals surface area (Å²) in [6, 6.07) is 3.80. The molecule has 0 spiro atoms. The van der Waals surface area contributed by atoms with Gasteiger partial charge in [0.25, 0.3) is 5.69 Å². The van der Waals surface area contributed by atoms with E-state index in [2.05, 4.69) is 20.0 Å². The molecule has 1 amide bonds. The van der Waals surface area contributed by atoms with Crippen LogP contribution in [0, 0.1) is 10.1 Å². The van der Waals surface area contributed by atoms with Gasteiger partial charge in [0.1, 0.15) is 5.69 Å². The lowest BCUT2D eigenvalue weighted by Crippen LogP contribution is -2.12. The molecule has 2 rings (SSSR count). The van der Waals surface area contributed by atoms with Crippen LogP contribution in [0.25, 0.3) is 0 Å². The molecule has 0 bridgehead atoms. The third-order valence-electron chi connectivity index (χ3n) is 2.32. The Hall–Kier alpha value is -2.97. The molecule has 2 aromatic rings. The smallest absolute Gasteiger partial charge is 0.292 e. The Kier molecular flexibility index (Phi) is 3.37. The number of nitro benzene ring substituents is 1. The molecule has 0 saturated heterocycles. The zero-order valence-corrected chi connectivity index (χ0v) is 9.57. The quantitative estimate of drug-likeness (QED) is 0.597. The van der Waals surface area contributed by atoms with E-state index in [-0.39, 0.29) is 23.5 Å². The molecule has 0 aliphatic heterocycles. The lowest BCUT2D eigenvalue weighted by Gasteiger charge is -2.06. The molecule has 1 aromatic carbocycles. The summed E-state index contributed by atoms with van der Waals surface area (Å²) in [5.74, 6) is -0.337. The summed E-state index contributed by atoms with van der Waals surface area (Å²) in [5, 5.41) is 17.2. The van der Waals surface area contributed by atoms with Crippen LogP contribution >= 0.6 is 0 Å². The highest BCUT2D eigenvalue weighted by Crippen LogP contribution is 2.25. The predicted octanol–water partition coefficient (Wildman–Crippen LogP) is 0.689. The van der Waals surface area contributed by atoms with Crippen molar-refractivity contribution in [1.29, 1.82) is 0 Å². The largest absolute Gasteiger partial charge is 0.372 e. The van der Waals surface area contributed by atoms with E-state index in [9.17, 15) is 14.9 Å². The Morgan fingerprint density at radius 1 is 1.53 bits per heavy atom. The number of aromatic nitrogens is 2. The fourth-order valence-corrected chi connectivity index (χ4v) is 1.43. The second kappa shape index (κ2) is 5.12. The number of benzene rings is 1. The van der Waals surface area contributed by atoms with Gasteiger partial charge in [-0.05, 0) is 12.1 Å². The van der Waals surface area contributed by atoms with Crippen molar-refractivity contribution in [3.05, 3.63) is 46.1 Å². The van der Waals surface area contributed by atoms with Crippen molar-refractivity contribution in [2.24, 2.45) is 5.73 Å². The van der Waals surface area contributed by atoms with Crippen molar-refractivity contribution >= 4 is 17.3 Å². The first kappa shape index (κ1) is 12.5. The SMILES string of the molecule is NC(=O)c1ccc([N+](=O)[O-])c(NCc2ncon2)c1. The number of nitro groups is 1. The van der Waals surface area contributed by atoms with Gasteiger partial charge in [0.05, 0.1) is 11.5 Å². The number of nitrogens with one attached hydrogen (secondary N) is 1. The Balaban J connectivity index is 2.27. The first-order valence-corrected chi connectivity index (χ1v) is 5.15. The lowest BCUT2D eigenvalue weighted by molar-refractivity contribution is -0.384. The van der Waals surface area contributed by atoms with Gasteiger partial charge in [-0.15, -0.1) is 0 Å². The van der Waals surface area contributed by atoms with E-state index in [4.69, 9.17) is 5.73 Å². The number of hydrogen-bond donors (Lipinski definition) is 2. The Bertz CT molecular complexity index is 610. The van der Waals surface area contributed by atoms with Crippen molar-refractivity contribution < 1.29 is 14.2 Å². The average Bonchev–Trinajstić information content (AvgIpc) is 2.88. The van der Waals surface area contributed by atoms with Crippen molar-refractivity contribution in [2.75, 3.05) is 5.32 Å². The zero-order chi connectivity index (χ0) is 13.8. The maximum absolute atomic E-state index is 11.1. The van der Waals surface area contributed by atoms with E-state index in [0.717, 1.165) is 6.39 Å². The molecule has 1 heterocycles. The summed E-state index contributed by atoms with van der Waals surface area (Å²) in [7, 11) is 0. The molecular weight excluding hydrogens is 254 g/mol. The number of carbonyl (C=O) groups is 1. The molecule has 19 heavy (non-hydrogen) atoms. The van der Waals surface area contributed by atoms with Crippen LogP contribution in [0.3, 0.4) is 0 Å². The fraction of sp³-hybridized carbons (Fsp3) is 0.100. The van der Waals surface area contributed by atoms with E-state index in [1.807, 2.05) is 0 Å². The van der Waals surface area contributed by atoms with Gasteiger partial charge in [0, 0.05) is 11.6 Å². The fourth-order valence-electron chi connectivity index (χ4n) is 1.43. The molecule has 98 valence electrons. The van der Waals surface area contributed by atoms with Gasteiger partial charge in [-0.1, -0.05) is 5.16 Å². The number of anilines is 1. The molecule has 0 saturated carbocycles. The van der Waals surface area contributed by atoms with Gasteiger partial charge < -0.3 is 15.6 Å². The molecule has 0 fully saturated rings.